The minimum Gasteiger partial charge on any atom is -0.388 e. The second-order valence-corrected chi connectivity index (χ2v) is 3.63. The minimum atomic E-state index is -2.43. The summed E-state index contributed by atoms with van der Waals surface area (Å²) in [6.45, 7) is 0.0821. The van der Waals surface area contributed by atoms with Crippen LogP contribution in [0.2, 0.25) is 0 Å². The Morgan fingerprint density at radius 1 is 1.59 bits per heavy atom. The first-order valence-electron chi connectivity index (χ1n) is 4.95. The standard InChI is InChI=1S/C10H13F2N3OS/c11-9(12)6-16-4-3-14-7-1-2-15-8(5-7)10(13)17/h1-2,5,9H,3-4,6H2,(H2,13,17)(H,14,15). The first-order chi connectivity index (χ1) is 8.09. The average molecular weight is 261 g/mol. The van der Waals surface area contributed by atoms with E-state index in [1.54, 1.807) is 18.3 Å². The topological polar surface area (TPSA) is 60.2 Å². The largest absolute Gasteiger partial charge is 0.388 e. The van der Waals surface area contributed by atoms with Gasteiger partial charge in [0.05, 0.1) is 12.3 Å². The first-order valence-corrected chi connectivity index (χ1v) is 5.36. The minimum absolute atomic E-state index is 0.203. The van der Waals surface area contributed by atoms with Crippen LogP contribution in [0, 0.1) is 0 Å². The fraction of sp³-hybridized carbons (Fsp3) is 0.400. The Bertz CT molecular complexity index is 376. The van der Waals surface area contributed by atoms with E-state index >= 15 is 0 Å². The van der Waals surface area contributed by atoms with Crippen molar-refractivity contribution in [1.82, 2.24) is 4.98 Å². The number of nitrogens with two attached hydrogens (primary N) is 1. The number of alkyl halides is 2. The van der Waals surface area contributed by atoms with Crippen molar-refractivity contribution in [2.75, 3.05) is 25.1 Å². The molecule has 3 N–H and O–H groups in total. The lowest BCUT2D eigenvalue weighted by Crippen LogP contribution is -2.15. The number of hydrogen-bond donors (Lipinski definition) is 2. The predicted molar refractivity (Wildman–Crippen MR) is 65.4 cm³/mol. The van der Waals surface area contributed by atoms with Crippen molar-refractivity contribution in [3.05, 3.63) is 24.0 Å². The average Bonchev–Trinajstić information content (AvgIpc) is 2.28. The molecule has 0 unspecified atom stereocenters. The molecule has 4 nitrogen and oxygen atoms in total. The van der Waals surface area contributed by atoms with Crippen molar-refractivity contribution in [1.29, 1.82) is 0 Å². The molecule has 0 spiro atoms. The van der Waals surface area contributed by atoms with Crippen LogP contribution in [0.25, 0.3) is 0 Å². The molecule has 1 aromatic rings. The van der Waals surface area contributed by atoms with Crippen LogP contribution in [-0.2, 0) is 4.74 Å². The van der Waals surface area contributed by atoms with Crippen molar-refractivity contribution >= 4 is 22.9 Å². The smallest absolute Gasteiger partial charge is 0.261 e. The van der Waals surface area contributed by atoms with Gasteiger partial charge in [-0.05, 0) is 12.1 Å². The highest BCUT2D eigenvalue weighted by atomic mass is 32.1. The second kappa shape index (κ2) is 7.08. The van der Waals surface area contributed by atoms with E-state index < -0.39 is 13.0 Å². The Hall–Kier alpha value is -1.34. The zero-order chi connectivity index (χ0) is 12.7. The molecule has 0 aliphatic carbocycles. The highest BCUT2D eigenvalue weighted by Crippen LogP contribution is 2.07. The summed E-state index contributed by atoms with van der Waals surface area (Å²) in [6, 6.07) is 3.42. The normalized spacial score (nSPS) is 10.5. The molecular formula is C10H13F2N3OS. The van der Waals surface area contributed by atoms with Gasteiger partial charge in [-0.2, -0.15) is 0 Å². The number of aromatic nitrogens is 1. The molecule has 0 bridgehead atoms. The van der Waals surface area contributed by atoms with Crippen LogP contribution in [0.15, 0.2) is 18.3 Å². The highest BCUT2D eigenvalue weighted by molar-refractivity contribution is 7.80. The molecule has 0 radical (unpaired) electrons. The third-order valence-electron chi connectivity index (χ3n) is 1.83. The third kappa shape index (κ3) is 5.50. The summed E-state index contributed by atoms with van der Waals surface area (Å²) in [5.41, 5.74) is 6.71. The van der Waals surface area contributed by atoms with E-state index in [1.165, 1.54) is 0 Å². The molecular weight excluding hydrogens is 248 g/mol. The van der Waals surface area contributed by atoms with Gasteiger partial charge in [0.1, 0.15) is 11.6 Å². The molecule has 7 heteroatoms. The molecule has 1 heterocycles. The number of ether oxygens (including phenoxy) is 1. The number of hydrogen-bond acceptors (Lipinski definition) is 4. The Morgan fingerprint density at radius 2 is 2.35 bits per heavy atom. The number of thiocarbonyl (C=S) groups is 1. The van der Waals surface area contributed by atoms with E-state index in [2.05, 4.69) is 10.3 Å². The number of nitrogens with zero attached hydrogens (tertiary/aromatic N) is 1. The van der Waals surface area contributed by atoms with Crippen LogP contribution in [0.1, 0.15) is 5.69 Å². The maximum Gasteiger partial charge on any atom is 0.261 e. The summed E-state index contributed by atoms with van der Waals surface area (Å²) >= 11 is 4.78. The van der Waals surface area contributed by atoms with Gasteiger partial charge in [-0.1, -0.05) is 12.2 Å². The molecule has 0 aliphatic rings. The summed E-state index contributed by atoms with van der Waals surface area (Å²) in [5.74, 6) is 0. The Kier molecular flexibility index (Phi) is 5.71. The lowest BCUT2D eigenvalue weighted by atomic mass is 10.3. The number of halogens is 2. The zero-order valence-electron chi connectivity index (χ0n) is 9.03. The SMILES string of the molecule is NC(=S)c1cc(NCCOCC(F)F)ccn1. The molecule has 17 heavy (non-hydrogen) atoms. The van der Waals surface area contributed by atoms with Gasteiger partial charge in [0.25, 0.3) is 6.43 Å². The lowest BCUT2D eigenvalue weighted by Gasteiger charge is -2.07. The molecule has 0 saturated heterocycles. The van der Waals surface area contributed by atoms with Crippen molar-refractivity contribution < 1.29 is 13.5 Å². The molecule has 0 amide bonds. The van der Waals surface area contributed by atoms with Crippen LogP contribution in [0.3, 0.4) is 0 Å². The molecule has 1 rings (SSSR count). The van der Waals surface area contributed by atoms with Gasteiger partial charge < -0.3 is 15.8 Å². The summed E-state index contributed by atoms with van der Waals surface area (Å²) < 4.78 is 28.2. The molecule has 0 fully saturated rings. The van der Waals surface area contributed by atoms with Gasteiger partial charge in [0.2, 0.25) is 0 Å². The van der Waals surface area contributed by atoms with E-state index in [4.69, 9.17) is 22.7 Å². The lowest BCUT2D eigenvalue weighted by molar-refractivity contribution is 0.0215. The van der Waals surface area contributed by atoms with E-state index in [0.717, 1.165) is 5.69 Å². The van der Waals surface area contributed by atoms with E-state index in [9.17, 15) is 8.78 Å². The molecule has 1 aromatic heterocycles. The van der Waals surface area contributed by atoms with Crippen LogP contribution >= 0.6 is 12.2 Å². The fourth-order valence-electron chi connectivity index (χ4n) is 1.12. The maximum atomic E-state index is 11.7. The molecule has 0 atom stereocenters. The summed E-state index contributed by atoms with van der Waals surface area (Å²) in [4.78, 5) is 4.18. The monoisotopic (exact) mass is 261 g/mol. The van der Waals surface area contributed by atoms with Crippen molar-refractivity contribution in [2.24, 2.45) is 5.73 Å². The maximum absolute atomic E-state index is 11.7. The van der Waals surface area contributed by atoms with Gasteiger partial charge in [-0.15, -0.1) is 0 Å². The molecule has 0 saturated carbocycles. The van der Waals surface area contributed by atoms with Gasteiger partial charge >= 0.3 is 0 Å². The van der Waals surface area contributed by atoms with Gasteiger partial charge in [0, 0.05) is 18.4 Å². The van der Waals surface area contributed by atoms with E-state index in [-0.39, 0.29) is 11.6 Å². The summed E-state index contributed by atoms with van der Waals surface area (Å²) in [6.07, 6.45) is -0.867. The van der Waals surface area contributed by atoms with Crippen LogP contribution in [0.4, 0.5) is 14.5 Å². The van der Waals surface area contributed by atoms with Crippen molar-refractivity contribution in [3.63, 3.8) is 0 Å². The predicted octanol–water partition coefficient (Wildman–Crippen LogP) is 1.41. The number of rotatable bonds is 7. The zero-order valence-corrected chi connectivity index (χ0v) is 9.84. The highest BCUT2D eigenvalue weighted by Gasteiger charge is 2.02. The van der Waals surface area contributed by atoms with E-state index in [0.29, 0.717) is 12.2 Å². The third-order valence-corrected chi connectivity index (χ3v) is 2.04. The quantitative estimate of drug-likeness (QED) is 0.574. The van der Waals surface area contributed by atoms with Gasteiger partial charge in [0.15, 0.2) is 0 Å². The molecule has 0 aliphatic heterocycles. The summed E-state index contributed by atoms with van der Waals surface area (Å²) in [7, 11) is 0. The fourth-order valence-corrected chi connectivity index (χ4v) is 1.23. The van der Waals surface area contributed by atoms with Crippen LogP contribution < -0.4 is 11.1 Å². The second-order valence-electron chi connectivity index (χ2n) is 3.19. The first kappa shape index (κ1) is 13.7. The molecule has 94 valence electrons. The summed E-state index contributed by atoms with van der Waals surface area (Å²) in [5, 5.41) is 2.99. The Labute approximate surface area is 103 Å². The number of pyridine rings is 1. The number of anilines is 1. The van der Waals surface area contributed by atoms with Crippen molar-refractivity contribution in [2.45, 2.75) is 6.43 Å². The van der Waals surface area contributed by atoms with Gasteiger partial charge in [-0.3, -0.25) is 4.98 Å². The van der Waals surface area contributed by atoms with Crippen LogP contribution in [-0.4, -0.2) is 36.2 Å². The van der Waals surface area contributed by atoms with Crippen molar-refractivity contribution in [3.8, 4) is 0 Å². The van der Waals surface area contributed by atoms with Gasteiger partial charge in [-0.25, -0.2) is 8.78 Å². The van der Waals surface area contributed by atoms with E-state index in [1.807, 2.05) is 0 Å². The number of nitrogens with one attached hydrogen (secondary N) is 1. The Morgan fingerprint density at radius 3 is 3.00 bits per heavy atom. The van der Waals surface area contributed by atoms with Crippen LogP contribution in [0.5, 0.6) is 0 Å². The molecule has 0 aromatic carbocycles. The Balaban J connectivity index is 2.31.